The molecule has 0 saturated carbocycles. The van der Waals surface area contributed by atoms with Crippen LogP contribution in [-0.2, 0) is 11.3 Å². The lowest BCUT2D eigenvalue weighted by Crippen LogP contribution is -2.34. The van der Waals surface area contributed by atoms with Gasteiger partial charge in [0.2, 0.25) is 5.91 Å². The van der Waals surface area contributed by atoms with Crippen LogP contribution in [0.15, 0.2) is 59.5 Å². The Balaban J connectivity index is 1.85. The molecule has 24 heavy (non-hydrogen) atoms. The number of pyridine rings is 2. The van der Waals surface area contributed by atoms with E-state index in [1.54, 1.807) is 12.3 Å². The third-order valence-corrected chi connectivity index (χ3v) is 4.04. The number of amides is 1. The standard InChI is InChI=1S/C19H19N3O2/c1-13-11-19(24)22(17-9-4-3-7-15(13)17)12-18(23)21-14(2)16-8-5-6-10-20-16/h3-11,14H,12H2,1-2H3,(H,21,23)/t14-/m0/s1. The van der Waals surface area contributed by atoms with E-state index in [-0.39, 0.29) is 24.1 Å². The smallest absolute Gasteiger partial charge is 0.251 e. The van der Waals surface area contributed by atoms with E-state index in [0.717, 1.165) is 22.2 Å². The highest BCUT2D eigenvalue weighted by atomic mass is 16.2. The third kappa shape index (κ3) is 3.20. The van der Waals surface area contributed by atoms with E-state index in [9.17, 15) is 9.59 Å². The fourth-order valence-electron chi connectivity index (χ4n) is 2.80. The van der Waals surface area contributed by atoms with Crippen LogP contribution in [0.4, 0.5) is 0 Å². The molecule has 3 rings (SSSR count). The Labute approximate surface area is 140 Å². The van der Waals surface area contributed by atoms with Crippen LogP contribution in [0.25, 0.3) is 10.9 Å². The van der Waals surface area contributed by atoms with Crippen LogP contribution in [0.1, 0.15) is 24.2 Å². The number of nitrogens with zero attached hydrogens (tertiary/aromatic N) is 2. The van der Waals surface area contributed by atoms with Crippen LogP contribution in [0.2, 0.25) is 0 Å². The molecule has 0 radical (unpaired) electrons. The molecule has 0 aliphatic carbocycles. The lowest BCUT2D eigenvalue weighted by atomic mass is 10.1. The fraction of sp³-hybridized carbons (Fsp3) is 0.211. The minimum Gasteiger partial charge on any atom is -0.346 e. The van der Waals surface area contributed by atoms with Gasteiger partial charge in [0.1, 0.15) is 6.54 Å². The largest absolute Gasteiger partial charge is 0.346 e. The molecule has 3 aromatic rings. The Hall–Kier alpha value is -2.95. The van der Waals surface area contributed by atoms with Crippen molar-refractivity contribution in [2.75, 3.05) is 0 Å². The van der Waals surface area contributed by atoms with Gasteiger partial charge in [-0.3, -0.25) is 19.1 Å². The number of carbonyl (C=O) groups excluding carboxylic acids is 1. The molecule has 0 saturated heterocycles. The van der Waals surface area contributed by atoms with Crippen molar-refractivity contribution in [3.8, 4) is 0 Å². The van der Waals surface area contributed by atoms with Crippen LogP contribution in [0.3, 0.4) is 0 Å². The second-order valence-electron chi connectivity index (χ2n) is 5.81. The van der Waals surface area contributed by atoms with Gasteiger partial charge in [0.25, 0.3) is 5.56 Å². The summed E-state index contributed by atoms with van der Waals surface area (Å²) in [6, 6.07) is 14.5. The van der Waals surface area contributed by atoms with E-state index in [0.29, 0.717) is 0 Å². The number of benzene rings is 1. The van der Waals surface area contributed by atoms with Gasteiger partial charge in [-0.15, -0.1) is 0 Å². The molecule has 1 N–H and O–H groups in total. The van der Waals surface area contributed by atoms with Crippen molar-refractivity contribution in [3.63, 3.8) is 0 Å². The highest BCUT2D eigenvalue weighted by Crippen LogP contribution is 2.16. The summed E-state index contributed by atoms with van der Waals surface area (Å²) < 4.78 is 1.50. The first-order valence-electron chi connectivity index (χ1n) is 7.86. The zero-order chi connectivity index (χ0) is 17.1. The summed E-state index contributed by atoms with van der Waals surface area (Å²) in [6.07, 6.45) is 1.69. The second-order valence-corrected chi connectivity index (χ2v) is 5.81. The van der Waals surface area contributed by atoms with Gasteiger partial charge < -0.3 is 5.32 Å². The number of para-hydroxylation sites is 1. The highest BCUT2D eigenvalue weighted by molar-refractivity contribution is 5.84. The summed E-state index contributed by atoms with van der Waals surface area (Å²) in [5.41, 5.74) is 2.29. The van der Waals surface area contributed by atoms with Crippen LogP contribution < -0.4 is 10.9 Å². The monoisotopic (exact) mass is 321 g/mol. The molecule has 2 heterocycles. The zero-order valence-electron chi connectivity index (χ0n) is 13.7. The van der Waals surface area contributed by atoms with Crippen molar-refractivity contribution in [2.45, 2.75) is 26.4 Å². The summed E-state index contributed by atoms with van der Waals surface area (Å²) in [7, 11) is 0. The van der Waals surface area contributed by atoms with Crippen molar-refractivity contribution in [1.29, 1.82) is 0 Å². The lowest BCUT2D eigenvalue weighted by Gasteiger charge is -2.15. The summed E-state index contributed by atoms with van der Waals surface area (Å²) in [5.74, 6) is -0.218. The Kier molecular flexibility index (Phi) is 4.42. The van der Waals surface area contributed by atoms with Gasteiger partial charge in [-0.2, -0.15) is 0 Å². The molecule has 0 unspecified atom stereocenters. The molecule has 1 aromatic carbocycles. The molecular formula is C19H19N3O2. The van der Waals surface area contributed by atoms with Crippen molar-refractivity contribution >= 4 is 16.8 Å². The summed E-state index contributed by atoms with van der Waals surface area (Å²) in [5, 5.41) is 3.86. The molecule has 5 nitrogen and oxygen atoms in total. The Morgan fingerprint density at radius 2 is 1.96 bits per heavy atom. The van der Waals surface area contributed by atoms with Gasteiger partial charge in [0.15, 0.2) is 0 Å². The van der Waals surface area contributed by atoms with E-state index in [1.165, 1.54) is 4.57 Å². The maximum Gasteiger partial charge on any atom is 0.251 e. The number of aromatic nitrogens is 2. The SMILES string of the molecule is Cc1cc(=O)n(CC(=O)N[C@@H](C)c2ccccn2)c2ccccc12. The molecule has 5 heteroatoms. The van der Waals surface area contributed by atoms with Crippen LogP contribution in [0.5, 0.6) is 0 Å². The molecule has 0 spiro atoms. The van der Waals surface area contributed by atoms with Crippen LogP contribution in [0, 0.1) is 6.92 Å². The molecular weight excluding hydrogens is 302 g/mol. The van der Waals surface area contributed by atoms with E-state index in [4.69, 9.17) is 0 Å². The van der Waals surface area contributed by atoms with Gasteiger partial charge in [-0.25, -0.2) is 0 Å². The number of hydrogen-bond acceptors (Lipinski definition) is 3. The number of rotatable bonds is 4. The first-order chi connectivity index (χ1) is 11.6. The molecule has 0 aliphatic rings. The van der Waals surface area contributed by atoms with E-state index < -0.39 is 0 Å². The first kappa shape index (κ1) is 15.9. The normalized spacial score (nSPS) is 12.1. The summed E-state index contributed by atoms with van der Waals surface area (Å²) in [4.78, 5) is 28.9. The highest BCUT2D eigenvalue weighted by Gasteiger charge is 2.13. The van der Waals surface area contributed by atoms with Crippen molar-refractivity contribution in [3.05, 3.63) is 76.3 Å². The zero-order valence-corrected chi connectivity index (χ0v) is 13.7. The Morgan fingerprint density at radius 1 is 1.21 bits per heavy atom. The summed E-state index contributed by atoms with van der Waals surface area (Å²) >= 11 is 0. The average molecular weight is 321 g/mol. The molecule has 2 aromatic heterocycles. The van der Waals surface area contributed by atoms with Gasteiger partial charge in [-0.1, -0.05) is 24.3 Å². The van der Waals surface area contributed by atoms with Gasteiger partial charge in [0.05, 0.1) is 17.3 Å². The number of carbonyl (C=O) groups is 1. The molecule has 1 amide bonds. The predicted molar refractivity (Wildman–Crippen MR) is 93.7 cm³/mol. The van der Waals surface area contributed by atoms with Gasteiger partial charge in [-0.05, 0) is 37.6 Å². The number of nitrogens with one attached hydrogen (secondary N) is 1. The first-order valence-corrected chi connectivity index (χ1v) is 7.86. The van der Waals surface area contributed by atoms with Crippen molar-refractivity contribution < 1.29 is 4.79 Å². The number of aryl methyl sites for hydroxylation is 1. The maximum absolute atomic E-state index is 12.4. The quantitative estimate of drug-likeness (QED) is 0.803. The second kappa shape index (κ2) is 6.66. The molecule has 1 atom stereocenters. The maximum atomic E-state index is 12.4. The van der Waals surface area contributed by atoms with Crippen LogP contribution >= 0.6 is 0 Å². The minimum atomic E-state index is -0.218. The van der Waals surface area contributed by atoms with Crippen molar-refractivity contribution in [1.82, 2.24) is 14.9 Å². The van der Waals surface area contributed by atoms with Gasteiger partial charge >= 0.3 is 0 Å². The minimum absolute atomic E-state index is 0.0171. The Morgan fingerprint density at radius 3 is 2.71 bits per heavy atom. The topological polar surface area (TPSA) is 64.0 Å². The Bertz CT molecular complexity index is 932. The molecule has 122 valence electrons. The fourth-order valence-corrected chi connectivity index (χ4v) is 2.80. The van der Waals surface area contributed by atoms with Gasteiger partial charge in [0, 0.05) is 17.6 Å². The number of fused-ring (bicyclic) bond motifs is 1. The van der Waals surface area contributed by atoms with Crippen molar-refractivity contribution in [2.24, 2.45) is 0 Å². The third-order valence-electron chi connectivity index (χ3n) is 4.04. The predicted octanol–water partition coefficient (Wildman–Crippen LogP) is 2.58. The molecule has 0 bridgehead atoms. The van der Waals surface area contributed by atoms with E-state index in [1.807, 2.05) is 56.3 Å². The summed E-state index contributed by atoms with van der Waals surface area (Å²) in [6.45, 7) is 3.75. The lowest BCUT2D eigenvalue weighted by molar-refractivity contribution is -0.122. The van der Waals surface area contributed by atoms with E-state index >= 15 is 0 Å². The average Bonchev–Trinajstić information content (AvgIpc) is 2.59. The molecule has 0 aliphatic heterocycles. The van der Waals surface area contributed by atoms with E-state index in [2.05, 4.69) is 10.3 Å². The van der Waals surface area contributed by atoms with Crippen LogP contribution in [-0.4, -0.2) is 15.5 Å². The number of hydrogen-bond donors (Lipinski definition) is 1. The molecule has 0 fully saturated rings.